The molecule has 2 bridgehead atoms. The third kappa shape index (κ3) is 3.67. The highest BCUT2D eigenvalue weighted by Gasteiger charge is 2.42. The number of aromatic nitrogens is 1. The van der Waals surface area contributed by atoms with Gasteiger partial charge < -0.3 is 11.1 Å². The van der Waals surface area contributed by atoms with E-state index in [0.29, 0.717) is 18.0 Å². The molecule has 0 aliphatic heterocycles. The molecule has 116 valence electrons. The molecule has 1 aromatic rings. The smallest absolute Gasteiger partial charge is 0.226 e. The lowest BCUT2D eigenvalue weighted by Crippen LogP contribution is -2.40. The zero-order chi connectivity index (χ0) is 14.1. The Bertz CT molecular complexity index is 491. The SMILES string of the molecule is CC(NC(=O)Cc1ccc(N)cn1)C1CC2CCC1C2.Cl. The summed E-state index contributed by atoms with van der Waals surface area (Å²) in [5, 5.41) is 3.16. The number of nitrogens with two attached hydrogens (primary N) is 1. The lowest BCUT2D eigenvalue weighted by Gasteiger charge is -2.28. The van der Waals surface area contributed by atoms with E-state index in [2.05, 4.69) is 17.2 Å². The van der Waals surface area contributed by atoms with E-state index in [0.717, 1.165) is 17.5 Å². The van der Waals surface area contributed by atoms with Crippen LogP contribution in [-0.2, 0) is 11.2 Å². The summed E-state index contributed by atoms with van der Waals surface area (Å²) in [6, 6.07) is 3.89. The Morgan fingerprint density at radius 1 is 1.43 bits per heavy atom. The Balaban J connectivity index is 0.00000161. The zero-order valence-corrected chi connectivity index (χ0v) is 13.2. The third-order valence-corrected chi connectivity index (χ3v) is 5.01. The van der Waals surface area contributed by atoms with Gasteiger partial charge in [0.25, 0.3) is 0 Å². The Morgan fingerprint density at radius 2 is 2.24 bits per heavy atom. The number of amides is 1. The molecule has 3 rings (SSSR count). The number of carbonyl (C=O) groups is 1. The molecular weight excluding hydrogens is 286 g/mol. The number of hydrogen-bond donors (Lipinski definition) is 2. The molecular formula is C16H24ClN3O. The van der Waals surface area contributed by atoms with E-state index < -0.39 is 0 Å². The molecule has 0 aromatic carbocycles. The molecule has 3 N–H and O–H groups in total. The van der Waals surface area contributed by atoms with Crippen molar-refractivity contribution in [3.8, 4) is 0 Å². The summed E-state index contributed by atoms with van der Waals surface area (Å²) in [7, 11) is 0. The fourth-order valence-corrected chi connectivity index (χ4v) is 4.02. The number of carbonyl (C=O) groups excluding carboxylic acids is 1. The number of nitrogens with zero attached hydrogens (tertiary/aromatic N) is 1. The predicted molar refractivity (Wildman–Crippen MR) is 86.1 cm³/mol. The maximum absolute atomic E-state index is 12.1. The van der Waals surface area contributed by atoms with E-state index in [1.165, 1.54) is 25.7 Å². The van der Waals surface area contributed by atoms with Crippen LogP contribution in [0.15, 0.2) is 18.3 Å². The number of anilines is 1. The Morgan fingerprint density at radius 3 is 2.81 bits per heavy atom. The Kier molecular flexibility index (Phi) is 5.09. The molecule has 4 nitrogen and oxygen atoms in total. The number of rotatable bonds is 4. The summed E-state index contributed by atoms with van der Waals surface area (Å²) in [5.41, 5.74) is 7.00. The highest BCUT2D eigenvalue weighted by Crippen LogP contribution is 2.49. The predicted octanol–water partition coefficient (Wildman–Crippen LogP) is 2.57. The van der Waals surface area contributed by atoms with Crippen LogP contribution in [0.3, 0.4) is 0 Å². The second-order valence-corrected chi connectivity index (χ2v) is 6.45. The summed E-state index contributed by atoms with van der Waals surface area (Å²) in [5.74, 6) is 2.50. The van der Waals surface area contributed by atoms with Crippen LogP contribution < -0.4 is 11.1 Å². The average molecular weight is 310 g/mol. The van der Waals surface area contributed by atoms with Crippen molar-refractivity contribution < 1.29 is 4.79 Å². The van der Waals surface area contributed by atoms with E-state index in [9.17, 15) is 4.79 Å². The van der Waals surface area contributed by atoms with Crippen LogP contribution in [-0.4, -0.2) is 16.9 Å². The molecule has 2 aliphatic carbocycles. The number of hydrogen-bond acceptors (Lipinski definition) is 3. The van der Waals surface area contributed by atoms with Crippen LogP contribution in [0.25, 0.3) is 0 Å². The van der Waals surface area contributed by atoms with Crippen molar-refractivity contribution in [1.29, 1.82) is 0 Å². The molecule has 2 saturated carbocycles. The maximum atomic E-state index is 12.1. The molecule has 2 fully saturated rings. The van der Waals surface area contributed by atoms with Crippen molar-refractivity contribution in [3.05, 3.63) is 24.0 Å². The molecule has 0 spiro atoms. The second kappa shape index (κ2) is 6.65. The van der Waals surface area contributed by atoms with E-state index in [1.807, 2.05) is 6.07 Å². The lowest BCUT2D eigenvalue weighted by molar-refractivity contribution is -0.121. The monoisotopic (exact) mass is 309 g/mol. The summed E-state index contributed by atoms with van der Waals surface area (Å²) >= 11 is 0. The quantitative estimate of drug-likeness (QED) is 0.898. The fraction of sp³-hybridized carbons (Fsp3) is 0.625. The van der Waals surface area contributed by atoms with E-state index in [1.54, 1.807) is 12.3 Å². The van der Waals surface area contributed by atoms with Crippen LogP contribution >= 0.6 is 12.4 Å². The first-order chi connectivity index (χ1) is 9.61. The van der Waals surface area contributed by atoms with Crippen molar-refractivity contribution in [2.24, 2.45) is 17.8 Å². The molecule has 2 aliphatic rings. The molecule has 5 heteroatoms. The van der Waals surface area contributed by atoms with Gasteiger partial charge in [-0.2, -0.15) is 0 Å². The van der Waals surface area contributed by atoms with Gasteiger partial charge in [-0.1, -0.05) is 6.42 Å². The van der Waals surface area contributed by atoms with Gasteiger partial charge in [-0.15, -0.1) is 12.4 Å². The Labute approximate surface area is 132 Å². The van der Waals surface area contributed by atoms with E-state index in [4.69, 9.17) is 5.73 Å². The molecule has 4 unspecified atom stereocenters. The molecule has 1 aromatic heterocycles. The van der Waals surface area contributed by atoms with Gasteiger partial charge in [-0.3, -0.25) is 9.78 Å². The standard InChI is InChI=1S/C16H23N3O.ClH/c1-10(15-7-11-2-3-12(15)6-11)19-16(20)8-14-5-4-13(17)9-18-14;/h4-5,9-12,15H,2-3,6-8,17H2,1H3,(H,19,20);1H. The van der Waals surface area contributed by atoms with Crippen molar-refractivity contribution in [1.82, 2.24) is 10.3 Å². The topological polar surface area (TPSA) is 68.0 Å². The maximum Gasteiger partial charge on any atom is 0.226 e. The highest BCUT2D eigenvalue weighted by atomic mass is 35.5. The molecule has 1 heterocycles. The first-order valence-electron chi connectivity index (χ1n) is 7.61. The summed E-state index contributed by atoms with van der Waals surface area (Å²) < 4.78 is 0. The second-order valence-electron chi connectivity index (χ2n) is 6.45. The summed E-state index contributed by atoms with van der Waals surface area (Å²) in [4.78, 5) is 16.3. The van der Waals surface area contributed by atoms with Crippen molar-refractivity contribution in [2.75, 3.05) is 5.73 Å². The summed E-state index contributed by atoms with van der Waals surface area (Å²) in [6.45, 7) is 2.15. The molecule has 4 atom stereocenters. The largest absolute Gasteiger partial charge is 0.397 e. The van der Waals surface area contributed by atoms with Gasteiger partial charge in [-0.25, -0.2) is 0 Å². The molecule has 21 heavy (non-hydrogen) atoms. The number of pyridine rings is 1. The van der Waals surface area contributed by atoms with Crippen LogP contribution in [0.4, 0.5) is 5.69 Å². The molecule has 0 saturated heterocycles. The van der Waals surface area contributed by atoms with E-state index >= 15 is 0 Å². The summed E-state index contributed by atoms with van der Waals surface area (Å²) in [6.07, 6.45) is 7.37. The minimum atomic E-state index is 0. The first kappa shape index (κ1) is 16.1. The van der Waals surface area contributed by atoms with Crippen molar-refractivity contribution >= 4 is 24.0 Å². The number of nitrogen functional groups attached to an aromatic ring is 1. The minimum Gasteiger partial charge on any atom is -0.397 e. The van der Waals surface area contributed by atoms with Gasteiger partial charge in [0.15, 0.2) is 0 Å². The Hall–Kier alpha value is -1.29. The average Bonchev–Trinajstić information content (AvgIpc) is 3.03. The number of nitrogens with one attached hydrogen (secondary N) is 1. The molecule has 0 radical (unpaired) electrons. The normalized spacial score (nSPS) is 28.0. The van der Waals surface area contributed by atoms with Gasteiger partial charge >= 0.3 is 0 Å². The first-order valence-corrected chi connectivity index (χ1v) is 7.61. The highest BCUT2D eigenvalue weighted by molar-refractivity contribution is 5.85. The van der Waals surface area contributed by atoms with Gasteiger partial charge in [-0.05, 0) is 56.1 Å². The zero-order valence-electron chi connectivity index (χ0n) is 12.4. The van der Waals surface area contributed by atoms with Crippen LogP contribution in [0.5, 0.6) is 0 Å². The van der Waals surface area contributed by atoms with Crippen molar-refractivity contribution in [3.63, 3.8) is 0 Å². The van der Waals surface area contributed by atoms with E-state index in [-0.39, 0.29) is 24.4 Å². The van der Waals surface area contributed by atoms with Gasteiger partial charge in [0.1, 0.15) is 0 Å². The third-order valence-electron chi connectivity index (χ3n) is 5.01. The fourth-order valence-electron chi connectivity index (χ4n) is 4.02. The van der Waals surface area contributed by atoms with Gasteiger partial charge in [0.2, 0.25) is 5.91 Å². The van der Waals surface area contributed by atoms with Gasteiger partial charge in [0.05, 0.1) is 18.3 Å². The van der Waals surface area contributed by atoms with Crippen LogP contribution in [0, 0.1) is 17.8 Å². The molecule has 1 amide bonds. The lowest BCUT2D eigenvalue weighted by atomic mass is 9.84. The minimum absolute atomic E-state index is 0. The van der Waals surface area contributed by atoms with Gasteiger partial charge in [0, 0.05) is 11.7 Å². The number of fused-ring (bicyclic) bond motifs is 2. The number of halogens is 1. The van der Waals surface area contributed by atoms with Crippen LogP contribution in [0.2, 0.25) is 0 Å². The van der Waals surface area contributed by atoms with Crippen molar-refractivity contribution in [2.45, 2.75) is 45.1 Å². The van der Waals surface area contributed by atoms with Crippen LogP contribution in [0.1, 0.15) is 38.3 Å².